The third-order valence-corrected chi connectivity index (χ3v) is 10.3. The van der Waals surface area contributed by atoms with Crippen LogP contribution in [0.3, 0.4) is 0 Å². The number of rotatable bonds is 8. The second kappa shape index (κ2) is 10.6. The molecule has 0 bridgehead atoms. The van der Waals surface area contributed by atoms with Crippen LogP contribution >= 0.6 is 0 Å². The Balaban J connectivity index is 1.50. The van der Waals surface area contributed by atoms with E-state index < -0.39 is 14.6 Å². The highest BCUT2D eigenvalue weighted by Crippen LogP contribution is 2.33. The molecule has 0 heterocycles. The number of sulfone groups is 1. The molecule has 2 fully saturated rings. The molecule has 0 amide bonds. The van der Waals surface area contributed by atoms with Gasteiger partial charge in [0.2, 0.25) is 0 Å². The van der Waals surface area contributed by atoms with Gasteiger partial charge in [-0.3, -0.25) is 9.59 Å². The van der Waals surface area contributed by atoms with Crippen LogP contribution in [-0.4, -0.2) is 30.5 Å². The molecule has 4 nitrogen and oxygen atoms in total. The summed E-state index contributed by atoms with van der Waals surface area (Å²) in [5.74, 6) is 1.23. The van der Waals surface area contributed by atoms with Crippen LogP contribution in [0.25, 0.3) is 0 Å². The molecule has 178 valence electrons. The van der Waals surface area contributed by atoms with Crippen molar-refractivity contribution in [3.63, 3.8) is 0 Å². The largest absolute Gasteiger partial charge is 0.299 e. The Morgan fingerprint density at radius 3 is 1.81 bits per heavy atom. The van der Waals surface area contributed by atoms with E-state index >= 15 is 0 Å². The maximum absolute atomic E-state index is 12.9. The number of hydrogen-bond donors (Lipinski definition) is 0. The molecule has 5 heteroatoms. The Kier molecular flexibility index (Phi) is 8.35. The smallest absolute Gasteiger partial charge is 0.155 e. The quantitative estimate of drug-likeness (QED) is 0.513. The number of Topliss-reactive ketones (excluding diaryl/α,β-unsaturated/α-hetero) is 2. The highest BCUT2D eigenvalue weighted by molar-refractivity contribution is 7.92. The number of carbonyl (C=O) groups excluding carboxylic acids is 2. The number of carbonyl (C=O) groups is 2. The van der Waals surface area contributed by atoms with Gasteiger partial charge in [0, 0.05) is 24.7 Å². The molecule has 2 saturated carbocycles. The van der Waals surface area contributed by atoms with E-state index in [4.69, 9.17) is 0 Å². The van der Waals surface area contributed by atoms with Crippen molar-refractivity contribution in [2.75, 3.05) is 5.75 Å². The Bertz CT molecular complexity index is 896. The van der Waals surface area contributed by atoms with Gasteiger partial charge >= 0.3 is 0 Å². The van der Waals surface area contributed by atoms with Gasteiger partial charge in [-0.2, -0.15) is 0 Å². The van der Waals surface area contributed by atoms with Crippen molar-refractivity contribution >= 4 is 21.4 Å². The molecule has 0 saturated heterocycles. The van der Waals surface area contributed by atoms with Gasteiger partial charge in [-0.1, -0.05) is 43.5 Å². The van der Waals surface area contributed by atoms with Gasteiger partial charge in [0.05, 0.1) is 10.5 Å². The molecule has 0 aliphatic heterocycles. The second-order valence-corrected chi connectivity index (χ2v) is 13.8. The fourth-order valence-electron chi connectivity index (χ4n) is 5.18. The van der Waals surface area contributed by atoms with Crippen LogP contribution in [0.15, 0.2) is 24.3 Å². The standard InChI is InChI=1S/C27H40O4S/c1-27(2,3)32(30,31)19-20-12-14-24(15-13-20)26(29)18-22-9-7-8-21(16-22)17-25(28)23-10-5-4-6-11-23/h7-9,16,20,23-24H,4-6,10-15,17-19H2,1-3H3. The Morgan fingerprint density at radius 2 is 1.31 bits per heavy atom. The van der Waals surface area contributed by atoms with Gasteiger partial charge in [0.15, 0.2) is 9.84 Å². The molecule has 0 radical (unpaired) electrons. The Labute approximate surface area is 194 Å². The van der Waals surface area contributed by atoms with Gasteiger partial charge in [0.1, 0.15) is 11.6 Å². The van der Waals surface area contributed by atoms with Gasteiger partial charge in [-0.15, -0.1) is 0 Å². The van der Waals surface area contributed by atoms with E-state index in [1.165, 1.54) is 6.42 Å². The highest BCUT2D eigenvalue weighted by Gasteiger charge is 2.34. The summed E-state index contributed by atoms with van der Waals surface area (Å²) in [5, 5.41) is 0. The van der Waals surface area contributed by atoms with E-state index in [0.717, 1.165) is 62.5 Å². The molecule has 32 heavy (non-hydrogen) atoms. The van der Waals surface area contributed by atoms with Crippen molar-refractivity contribution in [3.05, 3.63) is 35.4 Å². The van der Waals surface area contributed by atoms with E-state index in [1.54, 1.807) is 20.8 Å². The Hall–Kier alpha value is -1.49. The molecular formula is C27H40O4S. The van der Waals surface area contributed by atoms with Gasteiger partial charge in [-0.25, -0.2) is 8.42 Å². The minimum absolute atomic E-state index is 0.0242. The van der Waals surface area contributed by atoms with Crippen LogP contribution in [0.2, 0.25) is 0 Å². The fourth-order valence-corrected chi connectivity index (χ4v) is 6.63. The summed E-state index contributed by atoms with van der Waals surface area (Å²) < 4.78 is 24.3. The fraction of sp³-hybridized carbons (Fsp3) is 0.704. The predicted octanol–water partition coefficient (Wildman–Crippen LogP) is 5.51. The van der Waals surface area contributed by atoms with Crippen LogP contribution in [-0.2, 0) is 32.3 Å². The van der Waals surface area contributed by atoms with Gasteiger partial charge in [-0.05, 0) is 76.3 Å². The molecular weight excluding hydrogens is 420 g/mol. The molecule has 3 rings (SSSR count). The molecule has 0 unspecified atom stereocenters. The highest BCUT2D eigenvalue weighted by atomic mass is 32.2. The molecule has 0 spiro atoms. The summed E-state index contributed by atoms with van der Waals surface area (Å²) >= 11 is 0. The van der Waals surface area contributed by atoms with Gasteiger partial charge < -0.3 is 0 Å². The number of benzene rings is 1. The van der Waals surface area contributed by atoms with E-state index in [1.807, 2.05) is 24.3 Å². The van der Waals surface area contributed by atoms with Crippen molar-refractivity contribution in [2.24, 2.45) is 17.8 Å². The average Bonchev–Trinajstić information content (AvgIpc) is 2.74. The average molecular weight is 461 g/mol. The van der Waals surface area contributed by atoms with Crippen LogP contribution in [0.1, 0.15) is 89.7 Å². The maximum atomic E-state index is 12.9. The zero-order valence-corrected chi connectivity index (χ0v) is 20.9. The maximum Gasteiger partial charge on any atom is 0.155 e. The van der Waals surface area contributed by atoms with Crippen molar-refractivity contribution < 1.29 is 18.0 Å². The lowest BCUT2D eigenvalue weighted by molar-refractivity contribution is -0.123. The SMILES string of the molecule is CC(C)(C)S(=O)(=O)CC1CCC(C(=O)Cc2cccc(CC(=O)C3CCCCC3)c2)CC1. The first-order chi connectivity index (χ1) is 15.0. The predicted molar refractivity (Wildman–Crippen MR) is 129 cm³/mol. The third kappa shape index (κ3) is 6.76. The molecule has 0 aromatic heterocycles. The summed E-state index contributed by atoms with van der Waals surface area (Å²) in [6.07, 6.45) is 9.67. The summed E-state index contributed by atoms with van der Waals surface area (Å²) in [6, 6.07) is 7.96. The van der Waals surface area contributed by atoms with E-state index in [9.17, 15) is 18.0 Å². The second-order valence-electron chi connectivity index (χ2n) is 11.1. The van der Waals surface area contributed by atoms with E-state index in [2.05, 4.69) is 0 Å². The summed E-state index contributed by atoms with van der Waals surface area (Å²) in [6.45, 7) is 5.27. The normalized spacial score (nSPS) is 23.1. The first kappa shape index (κ1) is 25.1. The van der Waals surface area contributed by atoms with Crippen LogP contribution in [0.4, 0.5) is 0 Å². The zero-order chi connectivity index (χ0) is 23.4. The lowest BCUT2D eigenvalue weighted by Crippen LogP contribution is -2.35. The van der Waals surface area contributed by atoms with Crippen molar-refractivity contribution in [1.29, 1.82) is 0 Å². The van der Waals surface area contributed by atoms with E-state index in [0.29, 0.717) is 18.6 Å². The van der Waals surface area contributed by atoms with Crippen molar-refractivity contribution in [2.45, 2.75) is 96.1 Å². The lowest BCUT2D eigenvalue weighted by atomic mass is 9.79. The third-order valence-electron chi connectivity index (χ3n) is 7.50. The molecule has 0 atom stereocenters. The Morgan fingerprint density at radius 1 is 0.812 bits per heavy atom. The van der Waals surface area contributed by atoms with Crippen LogP contribution in [0.5, 0.6) is 0 Å². The van der Waals surface area contributed by atoms with E-state index in [-0.39, 0.29) is 29.3 Å². The summed E-state index contributed by atoms with van der Waals surface area (Å²) in [5.41, 5.74) is 2.00. The topological polar surface area (TPSA) is 68.3 Å². The van der Waals surface area contributed by atoms with Crippen molar-refractivity contribution in [3.8, 4) is 0 Å². The van der Waals surface area contributed by atoms with Crippen molar-refractivity contribution in [1.82, 2.24) is 0 Å². The van der Waals surface area contributed by atoms with Crippen LogP contribution < -0.4 is 0 Å². The first-order valence-corrected chi connectivity index (χ1v) is 14.1. The molecule has 2 aliphatic carbocycles. The summed E-state index contributed by atoms with van der Waals surface area (Å²) in [4.78, 5) is 25.5. The van der Waals surface area contributed by atoms with Crippen LogP contribution in [0, 0.1) is 17.8 Å². The minimum Gasteiger partial charge on any atom is -0.299 e. The first-order valence-electron chi connectivity index (χ1n) is 12.4. The molecule has 2 aliphatic rings. The molecule has 1 aromatic rings. The number of hydrogen-bond acceptors (Lipinski definition) is 4. The minimum atomic E-state index is -3.12. The van der Waals surface area contributed by atoms with Gasteiger partial charge in [0.25, 0.3) is 0 Å². The lowest BCUT2D eigenvalue weighted by Gasteiger charge is -2.30. The monoisotopic (exact) mass is 460 g/mol. The zero-order valence-electron chi connectivity index (χ0n) is 20.1. The number of ketones is 2. The molecule has 1 aromatic carbocycles. The summed E-state index contributed by atoms with van der Waals surface area (Å²) in [7, 11) is -3.12. The molecule has 0 N–H and O–H groups in total.